The number of halogens is 1. The van der Waals surface area contributed by atoms with Crippen molar-refractivity contribution in [1.82, 2.24) is 20.1 Å². The first-order valence-corrected chi connectivity index (χ1v) is 7.26. The molecule has 2 heterocycles. The lowest BCUT2D eigenvalue weighted by Crippen LogP contribution is -2.13. The van der Waals surface area contributed by atoms with Gasteiger partial charge >= 0.3 is 0 Å². The molecule has 1 aromatic carbocycles. The molecule has 0 atom stereocenters. The molecular weight excluding hydrogens is 284 g/mol. The van der Waals surface area contributed by atoms with Gasteiger partial charge in [0.05, 0.1) is 11.2 Å². The number of nitrogens with zero attached hydrogens (tertiary/aromatic N) is 3. The van der Waals surface area contributed by atoms with E-state index in [0.29, 0.717) is 11.7 Å². The van der Waals surface area contributed by atoms with E-state index in [1.165, 1.54) is 5.56 Å². The zero-order valence-corrected chi connectivity index (χ0v) is 12.9. The number of nitrogens with one attached hydrogen (secondary N) is 1. The molecule has 0 unspecified atom stereocenters. The number of fused-ring (bicyclic) bond motifs is 1. The summed E-state index contributed by atoms with van der Waals surface area (Å²) in [5, 5.41) is 9.60. The van der Waals surface area contributed by atoms with Crippen molar-refractivity contribution in [1.29, 1.82) is 0 Å². The van der Waals surface area contributed by atoms with E-state index in [-0.39, 0.29) is 0 Å². The van der Waals surface area contributed by atoms with Crippen molar-refractivity contribution in [2.24, 2.45) is 7.05 Å². The molecule has 0 aliphatic carbocycles. The van der Waals surface area contributed by atoms with Crippen LogP contribution in [0.3, 0.4) is 0 Å². The van der Waals surface area contributed by atoms with Gasteiger partial charge < -0.3 is 5.32 Å². The highest BCUT2D eigenvalue weighted by Crippen LogP contribution is 2.19. The normalized spacial score (nSPS) is 11.2. The molecule has 0 bridgehead atoms. The molecule has 3 rings (SSSR count). The standard InChI is InChI=1S/C16H17ClN4/c1-11-14(16(17)21(2)20-11)10-18-9-13-6-3-5-12-7-4-8-19-15(12)13/h3-8,18H,9-10H2,1-2H3. The summed E-state index contributed by atoms with van der Waals surface area (Å²) in [5.74, 6) is 0. The molecule has 5 heteroatoms. The minimum absolute atomic E-state index is 0.691. The summed E-state index contributed by atoms with van der Waals surface area (Å²) < 4.78 is 1.70. The summed E-state index contributed by atoms with van der Waals surface area (Å²) >= 11 is 6.24. The average Bonchev–Trinajstić information content (AvgIpc) is 2.73. The molecule has 4 nitrogen and oxygen atoms in total. The fourth-order valence-corrected chi connectivity index (χ4v) is 2.75. The number of pyridine rings is 1. The fraction of sp³-hybridized carbons (Fsp3) is 0.250. The molecule has 1 N–H and O–H groups in total. The van der Waals surface area contributed by atoms with E-state index in [9.17, 15) is 0 Å². The van der Waals surface area contributed by atoms with Crippen LogP contribution in [0.15, 0.2) is 36.5 Å². The largest absolute Gasteiger partial charge is 0.308 e. The summed E-state index contributed by atoms with van der Waals surface area (Å²) in [7, 11) is 1.85. The molecule has 2 aromatic heterocycles. The molecule has 108 valence electrons. The first-order chi connectivity index (χ1) is 10.2. The van der Waals surface area contributed by atoms with Crippen LogP contribution in [-0.4, -0.2) is 14.8 Å². The average molecular weight is 301 g/mol. The maximum Gasteiger partial charge on any atom is 0.131 e. The van der Waals surface area contributed by atoms with Crippen molar-refractivity contribution >= 4 is 22.5 Å². The Morgan fingerprint density at radius 1 is 1.19 bits per heavy atom. The van der Waals surface area contributed by atoms with Gasteiger partial charge in [-0.1, -0.05) is 35.9 Å². The second-order valence-electron chi connectivity index (χ2n) is 5.07. The third-order valence-electron chi connectivity index (χ3n) is 3.60. The molecule has 0 saturated carbocycles. The van der Waals surface area contributed by atoms with Crippen molar-refractivity contribution in [3.05, 3.63) is 58.5 Å². The van der Waals surface area contributed by atoms with Gasteiger partial charge in [0, 0.05) is 37.3 Å². The van der Waals surface area contributed by atoms with Crippen molar-refractivity contribution < 1.29 is 0 Å². The lowest BCUT2D eigenvalue weighted by atomic mass is 10.1. The van der Waals surface area contributed by atoms with Crippen LogP contribution in [0.25, 0.3) is 10.9 Å². The lowest BCUT2D eigenvalue weighted by Gasteiger charge is -2.07. The van der Waals surface area contributed by atoms with Crippen molar-refractivity contribution in [2.45, 2.75) is 20.0 Å². The maximum atomic E-state index is 6.24. The molecule has 0 fully saturated rings. The van der Waals surface area contributed by atoms with Gasteiger partial charge in [-0.15, -0.1) is 0 Å². The summed E-state index contributed by atoms with van der Waals surface area (Å²) in [6.07, 6.45) is 1.83. The van der Waals surface area contributed by atoms with Gasteiger partial charge in [0.25, 0.3) is 0 Å². The molecule has 0 radical (unpaired) electrons. The number of aryl methyl sites for hydroxylation is 2. The summed E-state index contributed by atoms with van der Waals surface area (Å²) in [5.41, 5.74) is 4.24. The zero-order chi connectivity index (χ0) is 14.8. The Morgan fingerprint density at radius 3 is 2.76 bits per heavy atom. The van der Waals surface area contributed by atoms with E-state index < -0.39 is 0 Å². The van der Waals surface area contributed by atoms with Gasteiger partial charge in [0.15, 0.2) is 0 Å². The van der Waals surface area contributed by atoms with Crippen LogP contribution in [0.2, 0.25) is 5.15 Å². The quantitative estimate of drug-likeness (QED) is 0.804. The first kappa shape index (κ1) is 14.0. The van der Waals surface area contributed by atoms with Gasteiger partial charge in [0.2, 0.25) is 0 Å². The van der Waals surface area contributed by atoms with Gasteiger partial charge in [-0.2, -0.15) is 5.10 Å². The van der Waals surface area contributed by atoms with E-state index in [2.05, 4.69) is 39.7 Å². The Kier molecular flexibility index (Phi) is 3.90. The molecule has 3 aromatic rings. The number of hydrogen-bond acceptors (Lipinski definition) is 3. The number of benzene rings is 1. The molecule has 21 heavy (non-hydrogen) atoms. The van der Waals surface area contributed by atoms with Crippen LogP contribution >= 0.6 is 11.6 Å². The van der Waals surface area contributed by atoms with E-state index in [4.69, 9.17) is 11.6 Å². The zero-order valence-electron chi connectivity index (χ0n) is 12.1. The van der Waals surface area contributed by atoms with Gasteiger partial charge in [-0.3, -0.25) is 9.67 Å². The third kappa shape index (κ3) is 2.77. The molecular formula is C16H17ClN4. The number of para-hydroxylation sites is 1. The van der Waals surface area contributed by atoms with E-state index in [1.54, 1.807) is 4.68 Å². The fourth-order valence-electron chi connectivity index (χ4n) is 2.51. The number of hydrogen-bond donors (Lipinski definition) is 1. The van der Waals surface area contributed by atoms with Crippen LogP contribution in [0.1, 0.15) is 16.8 Å². The van der Waals surface area contributed by atoms with Crippen LogP contribution in [0.4, 0.5) is 0 Å². The minimum Gasteiger partial charge on any atom is -0.308 e. The van der Waals surface area contributed by atoms with E-state index in [0.717, 1.165) is 28.7 Å². The van der Waals surface area contributed by atoms with Crippen LogP contribution in [0.5, 0.6) is 0 Å². The summed E-state index contributed by atoms with van der Waals surface area (Å²) in [6, 6.07) is 10.3. The Labute approximate surface area is 128 Å². The van der Waals surface area contributed by atoms with Gasteiger partial charge in [-0.05, 0) is 18.6 Å². The van der Waals surface area contributed by atoms with E-state index in [1.807, 2.05) is 26.2 Å². The van der Waals surface area contributed by atoms with Gasteiger partial charge in [0.1, 0.15) is 5.15 Å². The van der Waals surface area contributed by atoms with Crippen molar-refractivity contribution in [3.8, 4) is 0 Å². The van der Waals surface area contributed by atoms with Crippen LogP contribution in [-0.2, 0) is 20.1 Å². The number of aromatic nitrogens is 3. The predicted octanol–water partition coefficient (Wildman–Crippen LogP) is 3.22. The second kappa shape index (κ2) is 5.84. The Hall–Kier alpha value is -1.91. The van der Waals surface area contributed by atoms with Crippen molar-refractivity contribution in [3.63, 3.8) is 0 Å². The van der Waals surface area contributed by atoms with Crippen LogP contribution < -0.4 is 5.32 Å². The highest BCUT2D eigenvalue weighted by atomic mass is 35.5. The molecule has 0 aliphatic heterocycles. The first-order valence-electron chi connectivity index (χ1n) is 6.88. The highest BCUT2D eigenvalue weighted by Gasteiger charge is 2.10. The SMILES string of the molecule is Cc1nn(C)c(Cl)c1CNCc1cccc2cccnc12. The Morgan fingerprint density at radius 2 is 2.00 bits per heavy atom. The van der Waals surface area contributed by atoms with Gasteiger partial charge in [-0.25, -0.2) is 0 Å². The monoisotopic (exact) mass is 300 g/mol. The highest BCUT2D eigenvalue weighted by molar-refractivity contribution is 6.30. The third-order valence-corrected chi connectivity index (χ3v) is 4.08. The van der Waals surface area contributed by atoms with Crippen LogP contribution in [0, 0.1) is 6.92 Å². The number of rotatable bonds is 4. The topological polar surface area (TPSA) is 42.7 Å². The molecule has 0 aliphatic rings. The van der Waals surface area contributed by atoms with E-state index >= 15 is 0 Å². The smallest absolute Gasteiger partial charge is 0.131 e. The Balaban J connectivity index is 1.75. The Bertz CT molecular complexity index is 774. The lowest BCUT2D eigenvalue weighted by molar-refractivity contribution is 0.692. The molecule has 0 spiro atoms. The van der Waals surface area contributed by atoms with Crippen molar-refractivity contribution in [2.75, 3.05) is 0 Å². The summed E-state index contributed by atoms with van der Waals surface area (Å²) in [4.78, 5) is 4.46. The minimum atomic E-state index is 0.691. The summed E-state index contributed by atoms with van der Waals surface area (Å²) in [6.45, 7) is 3.42. The predicted molar refractivity (Wildman–Crippen MR) is 85.2 cm³/mol. The second-order valence-corrected chi connectivity index (χ2v) is 5.43. The molecule has 0 amide bonds. The maximum absolute atomic E-state index is 6.24. The molecule has 0 saturated heterocycles.